The van der Waals surface area contributed by atoms with Gasteiger partial charge in [-0.15, -0.1) is 11.8 Å². The predicted octanol–water partition coefficient (Wildman–Crippen LogP) is 4.46. The molecular weight excluding hydrogens is 352 g/mol. The number of nitrogens with two attached hydrogens (primary N) is 1. The van der Waals surface area contributed by atoms with Gasteiger partial charge in [0, 0.05) is 20.5 Å². The maximum Gasteiger partial charge on any atom is 0.0573 e. The van der Waals surface area contributed by atoms with Gasteiger partial charge < -0.3 is 0 Å². The highest BCUT2D eigenvalue weighted by Gasteiger charge is 2.14. The molecule has 0 fully saturated rings. The minimum Gasteiger partial charge on any atom is -0.271 e. The maximum atomic E-state index is 6.13. The molecule has 0 spiro atoms. The van der Waals surface area contributed by atoms with Gasteiger partial charge in [0.25, 0.3) is 0 Å². The molecule has 0 bridgehead atoms. The zero-order chi connectivity index (χ0) is 13.0. The number of hydrogen-bond donors (Lipinski definition) is 2. The summed E-state index contributed by atoms with van der Waals surface area (Å²) in [5, 5.41) is 4.93. The smallest absolute Gasteiger partial charge is 0.0573 e. The molecule has 3 N–H and O–H groups in total. The lowest BCUT2D eigenvalue weighted by atomic mass is 10.2. The monoisotopic (exact) mass is 362 g/mol. The lowest BCUT2D eigenvalue weighted by molar-refractivity contribution is 0.610. The quantitative estimate of drug-likeness (QED) is 0.468. The van der Waals surface area contributed by atoms with E-state index in [9.17, 15) is 0 Å². The van der Waals surface area contributed by atoms with Crippen molar-refractivity contribution in [1.29, 1.82) is 0 Å². The summed E-state index contributed by atoms with van der Waals surface area (Å²) in [5.41, 5.74) is 4.03. The van der Waals surface area contributed by atoms with Crippen LogP contribution in [0.3, 0.4) is 0 Å². The third kappa shape index (κ3) is 3.50. The van der Waals surface area contributed by atoms with Gasteiger partial charge in [0.2, 0.25) is 0 Å². The molecule has 0 radical (unpaired) electrons. The molecule has 2 rings (SSSR count). The van der Waals surface area contributed by atoms with Gasteiger partial charge in [-0.05, 0) is 39.0 Å². The first-order chi connectivity index (χ1) is 8.72. The standard InChI is InChI=1S/C12H12BrClN2S2/c13-9-6-17-5-8(9)11(16-15)7-18-12-4-2-1-3-10(12)14/h1-6,11,16H,7,15H2. The van der Waals surface area contributed by atoms with Crippen molar-refractivity contribution in [1.82, 2.24) is 5.43 Å². The van der Waals surface area contributed by atoms with E-state index in [1.807, 2.05) is 24.3 Å². The fourth-order valence-corrected chi connectivity index (χ4v) is 4.43. The Morgan fingerprint density at radius 1 is 1.39 bits per heavy atom. The largest absolute Gasteiger partial charge is 0.271 e. The van der Waals surface area contributed by atoms with Crippen molar-refractivity contribution < 1.29 is 0 Å². The molecular formula is C12H12BrClN2S2. The third-order valence-electron chi connectivity index (χ3n) is 2.46. The lowest BCUT2D eigenvalue weighted by Crippen LogP contribution is -2.29. The van der Waals surface area contributed by atoms with Crippen molar-refractivity contribution in [2.24, 2.45) is 5.84 Å². The Kier molecular flexibility index (Phi) is 5.54. The van der Waals surface area contributed by atoms with Crippen molar-refractivity contribution >= 4 is 50.6 Å². The zero-order valence-electron chi connectivity index (χ0n) is 9.40. The van der Waals surface area contributed by atoms with Crippen molar-refractivity contribution in [3.8, 4) is 0 Å². The summed E-state index contributed by atoms with van der Waals surface area (Å²) in [6.07, 6.45) is 0. The number of thioether (sulfide) groups is 1. The van der Waals surface area contributed by atoms with Crippen molar-refractivity contribution in [2.45, 2.75) is 10.9 Å². The van der Waals surface area contributed by atoms with E-state index in [0.717, 1.165) is 20.1 Å². The van der Waals surface area contributed by atoms with Gasteiger partial charge in [0.1, 0.15) is 0 Å². The SMILES string of the molecule is NNC(CSc1ccccc1Cl)c1cscc1Br. The number of benzene rings is 1. The van der Waals surface area contributed by atoms with Crippen molar-refractivity contribution in [3.63, 3.8) is 0 Å². The van der Waals surface area contributed by atoms with Crippen LogP contribution in [0.5, 0.6) is 0 Å². The number of halogens is 2. The Balaban J connectivity index is 2.05. The Hall–Kier alpha value is -0.0400. The molecule has 2 aromatic rings. The van der Waals surface area contributed by atoms with Crippen LogP contribution in [0, 0.1) is 0 Å². The molecule has 1 unspecified atom stereocenters. The number of hydrogen-bond acceptors (Lipinski definition) is 4. The molecule has 0 aliphatic rings. The Morgan fingerprint density at radius 3 is 2.78 bits per heavy atom. The van der Waals surface area contributed by atoms with Crippen LogP contribution < -0.4 is 11.3 Å². The zero-order valence-corrected chi connectivity index (χ0v) is 13.4. The highest BCUT2D eigenvalue weighted by atomic mass is 79.9. The second kappa shape index (κ2) is 6.93. The summed E-state index contributed by atoms with van der Waals surface area (Å²) >= 11 is 13.0. The van der Waals surface area contributed by atoms with Crippen molar-refractivity contribution in [3.05, 3.63) is 50.1 Å². The molecule has 0 saturated carbocycles. The van der Waals surface area contributed by atoms with Crippen LogP contribution in [0.15, 0.2) is 44.4 Å². The molecule has 96 valence electrons. The molecule has 0 aliphatic heterocycles. The van der Waals surface area contributed by atoms with E-state index < -0.39 is 0 Å². The molecule has 1 heterocycles. The molecule has 0 saturated heterocycles. The Bertz CT molecular complexity index is 518. The first-order valence-corrected chi connectivity index (χ1v) is 8.37. The summed E-state index contributed by atoms with van der Waals surface area (Å²) in [4.78, 5) is 1.07. The molecule has 1 atom stereocenters. The van der Waals surface area contributed by atoms with E-state index in [0.29, 0.717) is 0 Å². The molecule has 0 amide bonds. The van der Waals surface area contributed by atoms with E-state index in [4.69, 9.17) is 17.4 Å². The Labute approximate surface area is 128 Å². The van der Waals surface area contributed by atoms with Crippen molar-refractivity contribution in [2.75, 3.05) is 5.75 Å². The fraction of sp³-hybridized carbons (Fsp3) is 0.167. The lowest BCUT2D eigenvalue weighted by Gasteiger charge is -2.15. The maximum absolute atomic E-state index is 6.13. The van der Waals surface area contributed by atoms with Crippen LogP contribution in [-0.4, -0.2) is 5.75 Å². The third-order valence-corrected chi connectivity index (χ3v) is 5.82. The molecule has 1 aromatic heterocycles. The molecule has 18 heavy (non-hydrogen) atoms. The van der Waals surface area contributed by atoms with Gasteiger partial charge in [0.05, 0.1) is 11.1 Å². The second-order valence-corrected chi connectivity index (χ2v) is 6.70. The van der Waals surface area contributed by atoms with Crippen LogP contribution in [0.2, 0.25) is 5.02 Å². The molecule has 2 nitrogen and oxygen atoms in total. The summed E-state index contributed by atoms with van der Waals surface area (Å²) in [7, 11) is 0. The second-order valence-electron chi connectivity index (χ2n) is 3.64. The van der Waals surface area contributed by atoms with Crippen LogP contribution in [0.4, 0.5) is 0 Å². The minimum atomic E-state index is 0.104. The average molecular weight is 364 g/mol. The van der Waals surface area contributed by atoms with Gasteiger partial charge in [-0.25, -0.2) is 0 Å². The number of nitrogens with one attached hydrogen (secondary N) is 1. The Morgan fingerprint density at radius 2 is 2.17 bits per heavy atom. The first-order valence-electron chi connectivity index (χ1n) is 5.27. The molecule has 0 aliphatic carbocycles. The van der Waals surface area contributed by atoms with Gasteiger partial charge in [-0.2, -0.15) is 11.3 Å². The highest BCUT2D eigenvalue weighted by molar-refractivity contribution is 9.10. The van der Waals surface area contributed by atoms with Crippen LogP contribution in [0.25, 0.3) is 0 Å². The van der Waals surface area contributed by atoms with Gasteiger partial charge >= 0.3 is 0 Å². The summed E-state index contributed by atoms with van der Waals surface area (Å²) in [5.74, 6) is 6.45. The minimum absolute atomic E-state index is 0.104. The highest BCUT2D eigenvalue weighted by Crippen LogP contribution is 2.33. The van der Waals surface area contributed by atoms with Crippen LogP contribution in [-0.2, 0) is 0 Å². The normalized spacial score (nSPS) is 12.6. The number of thiophene rings is 1. The summed E-state index contributed by atoms with van der Waals surface area (Å²) < 4.78 is 1.09. The summed E-state index contributed by atoms with van der Waals surface area (Å²) in [6.45, 7) is 0. The van der Waals surface area contributed by atoms with E-state index >= 15 is 0 Å². The van der Waals surface area contributed by atoms with E-state index in [2.05, 4.69) is 32.1 Å². The number of rotatable bonds is 5. The molecule has 1 aromatic carbocycles. The number of hydrazine groups is 1. The fourth-order valence-electron chi connectivity index (χ4n) is 1.50. The predicted molar refractivity (Wildman–Crippen MR) is 84.3 cm³/mol. The van der Waals surface area contributed by atoms with E-state index in [1.165, 1.54) is 5.56 Å². The van der Waals surface area contributed by atoms with Crippen LogP contribution in [0.1, 0.15) is 11.6 Å². The summed E-state index contributed by atoms with van der Waals surface area (Å²) in [6, 6.07) is 7.94. The van der Waals surface area contributed by atoms with Crippen LogP contribution >= 0.6 is 50.6 Å². The average Bonchev–Trinajstić information content (AvgIpc) is 2.79. The van der Waals surface area contributed by atoms with E-state index in [-0.39, 0.29) is 6.04 Å². The first kappa shape index (κ1) is 14.4. The topological polar surface area (TPSA) is 38.0 Å². The van der Waals surface area contributed by atoms with Gasteiger partial charge in [0.15, 0.2) is 0 Å². The van der Waals surface area contributed by atoms with Gasteiger partial charge in [-0.3, -0.25) is 11.3 Å². The van der Waals surface area contributed by atoms with Gasteiger partial charge in [-0.1, -0.05) is 23.7 Å². The molecule has 6 heteroatoms. The van der Waals surface area contributed by atoms with E-state index in [1.54, 1.807) is 23.1 Å².